The second-order valence-electron chi connectivity index (χ2n) is 10.8. The number of aryl methyl sites for hydroxylation is 1. The number of amides is 1. The van der Waals surface area contributed by atoms with Crippen LogP contribution in [0.5, 0.6) is 0 Å². The molecule has 0 bridgehead atoms. The molecule has 3 N–H and O–H groups in total. The molecule has 10 nitrogen and oxygen atoms in total. The van der Waals surface area contributed by atoms with E-state index in [-0.39, 0.29) is 22.6 Å². The van der Waals surface area contributed by atoms with Crippen LogP contribution in [0.25, 0.3) is 22.3 Å². The van der Waals surface area contributed by atoms with Crippen LogP contribution in [0, 0.1) is 0 Å². The van der Waals surface area contributed by atoms with Crippen LogP contribution in [0.15, 0.2) is 71.9 Å². The van der Waals surface area contributed by atoms with Crippen molar-refractivity contribution in [1.29, 1.82) is 0 Å². The Morgan fingerprint density at radius 3 is 2.33 bits per heavy atom. The van der Waals surface area contributed by atoms with E-state index in [9.17, 15) is 13.2 Å². The summed E-state index contributed by atoms with van der Waals surface area (Å²) in [4.78, 5) is 25.0. The van der Waals surface area contributed by atoms with Crippen LogP contribution in [0.3, 0.4) is 0 Å². The Morgan fingerprint density at radius 2 is 1.70 bits per heavy atom. The molecule has 40 heavy (non-hydrogen) atoms. The molecule has 5 aromatic rings. The van der Waals surface area contributed by atoms with Crippen molar-refractivity contribution in [2.45, 2.75) is 37.5 Å². The molecule has 1 amide bonds. The number of hydrogen-bond acceptors (Lipinski definition) is 7. The average molecular weight is 558 g/mol. The highest BCUT2D eigenvalue weighted by Crippen LogP contribution is 2.29. The molecule has 5 rings (SSSR count). The van der Waals surface area contributed by atoms with Gasteiger partial charge in [-0.3, -0.25) is 9.48 Å². The molecule has 0 fully saturated rings. The van der Waals surface area contributed by atoms with Gasteiger partial charge in [0.25, 0.3) is 0 Å². The maximum atomic E-state index is 12.7. The number of sulfone groups is 1. The zero-order valence-corrected chi connectivity index (χ0v) is 23.8. The number of nitrogens with zero attached hydrogens (tertiary/aromatic N) is 4. The standard InChI is InChI=1S/C29H31N7O3S/c1-29(2,3)24-16-25(36(4)35-24)34-26(37)14-18-6-10-20(11-7-18)32-27-22-15-23(33-28(22)31-17-30-27)19-8-12-21(13-9-19)40(5,38)39/h6-13,15-17H,14H2,1-5H3,(H,34,37)(H2,30,31,32,33). The first-order valence-corrected chi connectivity index (χ1v) is 14.6. The van der Waals surface area contributed by atoms with E-state index in [2.05, 4.69) is 51.5 Å². The lowest BCUT2D eigenvalue weighted by atomic mass is 9.92. The number of carbonyl (C=O) groups is 1. The van der Waals surface area contributed by atoms with Crippen LogP contribution in [0.4, 0.5) is 17.3 Å². The summed E-state index contributed by atoms with van der Waals surface area (Å²) in [6.07, 6.45) is 2.89. The van der Waals surface area contributed by atoms with Crippen LogP contribution in [-0.4, -0.2) is 45.3 Å². The van der Waals surface area contributed by atoms with E-state index in [0.717, 1.165) is 33.6 Å². The maximum absolute atomic E-state index is 12.7. The van der Waals surface area contributed by atoms with Crippen LogP contribution in [0.1, 0.15) is 32.0 Å². The van der Waals surface area contributed by atoms with E-state index in [1.165, 1.54) is 12.6 Å². The fourth-order valence-electron chi connectivity index (χ4n) is 4.24. The number of benzene rings is 2. The van der Waals surface area contributed by atoms with Crippen molar-refractivity contribution < 1.29 is 13.2 Å². The average Bonchev–Trinajstić information content (AvgIpc) is 3.49. The van der Waals surface area contributed by atoms with Crippen LogP contribution in [0.2, 0.25) is 0 Å². The van der Waals surface area contributed by atoms with Gasteiger partial charge in [0.2, 0.25) is 5.91 Å². The van der Waals surface area contributed by atoms with E-state index >= 15 is 0 Å². The Morgan fingerprint density at radius 1 is 1.00 bits per heavy atom. The third kappa shape index (κ3) is 5.89. The van der Waals surface area contributed by atoms with Crippen LogP contribution >= 0.6 is 0 Å². The lowest BCUT2D eigenvalue weighted by Gasteiger charge is -2.13. The molecule has 0 radical (unpaired) electrons. The van der Waals surface area contributed by atoms with Gasteiger partial charge in [-0.25, -0.2) is 18.4 Å². The topological polar surface area (TPSA) is 135 Å². The van der Waals surface area contributed by atoms with Gasteiger partial charge in [0.15, 0.2) is 9.84 Å². The Bertz CT molecular complexity index is 1800. The molecule has 0 unspecified atom stereocenters. The summed E-state index contributed by atoms with van der Waals surface area (Å²) in [6.45, 7) is 6.25. The third-order valence-corrected chi connectivity index (χ3v) is 7.64. The summed E-state index contributed by atoms with van der Waals surface area (Å²) in [5.74, 6) is 1.17. The molecule has 0 saturated carbocycles. The summed E-state index contributed by atoms with van der Waals surface area (Å²) in [6, 6.07) is 18.1. The predicted molar refractivity (Wildman–Crippen MR) is 156 cm³/mol. The van der Waals surface area contributed by atoms with Crippen molar-refractivity contribution in [3.05, 3.63) is 78.2 Å². The smallest absolute Gasteiger partial charge is 0.229 e. The predicted octanol–water partition coefficient (Wildman–Crippen LogP) is 4.98. The summed E-state index contributed by atoms with van der Waals surface area (Å²) in [5, 5.41) is 11.6. The monoisotopic (exact) mass is 557 g/mol. The summed E-state index contributed by atoms with van der Waals surface area (Å²) < 4.78 is 25.2. The highest BCUT2D eigenvalue weighted by molar-refractivity contribution is 7.90. The van der Waals surface area contributed by atoms with E-state index in [1.54, 1.807) is 28.9 Å². The van der Waals surface area contributed by atoms with Gasteiger partial charge in [0, 0.05) is 36.2 Å². The minimum atomic E-state index is -3.27. The molecule has 0 aliphatic carbocycles. The van der Waals surface area contributed by atoms with Gasteiger partial charge in [-0.15, -0.1) is 0 Å². The van der Waals surface area contributed by atoms with Gasteiger partial charge in [-0.05, 0) is 41.5 Å². The number of aromatic amines is 1. The molecular weight excluding hydrogens is 526 g/mol. The number of H-pyrrole nitrogens is 1. The molecule has 0 aliphatic heterocycles. The lowest BCUT2D eigenvalue weighted by Crippen LogP contribution is -2.16. The third-order valence-electron chi connectivity index (χ3n) is 6.52. The molecular formula is C29H31N7O3S. The highest BCUT2D eigenvalue weighted by Gasteiger charge is 2.20. The summed E-state index contributed by atoms with van der Waals surface area (Å²) in [5.41, 5.74) is 4.77. The van der Waals surface area contributed by atoms with Crippen molar-refractivity contribution in [1.82, 2.24) is 24.7 Å². The van der Waals surface area contributed by atoms with E-state index in [1.807, 2.05) is 43.4 Å². The number of nitrogens with one attached hydrogen (secondary N) is 3. The Balaban J connectivity index is 1.28. The van der Waals surface area contributed by atoms with Crippen LogP contribution < -0.4 is 10.6 Å². The first-order chi connectivity index (χ1) is 18.9. The van der Waals surface area contributed by atoms with E-state index in [0.29, 0.717) is 17.3 Å². The van der Waals surface area contributed by atoms with Gasteiger partial charge < -0.3 is 15.6 Å². The molecule has 0 aliphatic rings. The van der Waals surface area contributed by atoms with Crippen molar-refractivity contribution >= 4 is 44.1 Å². The van der Waals surface area contributed by atoms with Gasteiger partial charge in [-0.2, -0.15) is 5.10 Å². The fraction of sp³-hybridized carbons (Fsp3) is 0.241. The summed E-state index contributed by atoms with van der Waals surface area (Å²) in [7, 11) is -1.45. The normalized spacial score (nSPS) is 12.0. The number of rotatable bonds is 7. The molecule has 3 aromatic heterocycles. The van der Waals surface area contributed by atoms with Gasteiger partial charge >= 0.3 is 0 Å². The molecule has 0 spiro atoms. The van der Waals surface area contributed by atoms with E-state index < -0.39 is 9.84 Å². The van der Waals surface area contributed by atoms with Crippen molar-refractivity contribution in [2.75, 3.05) is 16.9 Å². The van der Waals surface area contributed by atoms with Crippen molar-refractivity contribution in [3.63, 3.8) is 0 Å². The SMILES string of the molecule is Cn1nc(C(C)(C)C)cc1NC(=O)Cc1ccc(Nc2ncnc3[nH]c(-c4ccc(S(C)(=O)=O)cc4)cc23)cc1. The largest absolute Gasteiger partial charge is 0.340 e. The Labute approximate surface area is 232 Å². The molecule has 11 heteroatoms. The van der Waals surface area contributed by atoms with Gasteiger partial charge in [0.1, 0.15) is 23.6 Å². The minimum absolute atomic E-state index is 0.105. The number of carbonyl (C=O) groups excluding carboxylic acids is 1. The highest BCUT2D eigenvalue weighted by atomic mass is 32.2. The second kappa shape index (κ2) is 10.2. The zero-order chi connectivity index (χ0) is 28.7. The van der Waals surface area contributed by atoms with Crippen molar-refractivity contribution in [2.24, 2.45) is 7.05 Å². The fourth-order valence-corrected chi connectivity index (χ4v) is 4.87. The van der Waals surface area contributed by atoms with E-state index in [4.69, 9.17) is 0 Å². The second-order valence-corrected chi connectivity index (χ2v) is 12.8. The Kier molecular flexibility index (Phi) is 6.92. The summed E-state index contributed by atoms with van der Waals surface area (Å²) >= 11 is 0. The molecule has 0 atom stereocenters. The number of hydrogen-bond donors (Lipinski definition) is 3. The first kappa shape index (κ1) is 27.1. The zero-order valence-electron chi connectivity index (χ0n) is 23.0. The maximum Gasteiger partial charge on any atom is 0.229 e. The van der Waals surface area contributed by atoms with Gasteiger partial charge in [0.05, 0.1) is 22.4 Å². The molecule has 206 valence electrons. The number of fused-ring (bicyclic) bond motifs is 1. The Hall–Kier alpha value is -4.51. The molecule has 3 heterocycles. The van der Waals surface area contributed by atoms with Crippen LogP contribution in [-0.2, 0) is 33.5 Å². The van der Waals surface area contributed by atoms with Gasteiger partial charge in [-0.1, -0.05) is 45.0 Å². The van der Waals surface area contributed by atoms with Crippen molar-refractivity contribution in [3.8, 4) is 11.3 Å². The number of aromatic nitrogens is 5. The number of anilines is 3. The lowest BCUT2D eigenvalue weighted by molar-refractivity contribution is -0.115. The minimum Gasteiger partial charge on any atom is -0.340 e. The quantitative estimate of drug-likeness (QED) is 0.257. The first-order valence-electron chi connectivity index (χ1n) is 12.7. The molecule has 2 aromatic carbocycles. The molecule has 0 saturated heterocycles.